The quantitative estimate of drug-likeness (QED) is 0.828. The summed E-state index contributed by atoms with van der Waals surface area (Å²) in [4.78, 5) is 2.50. The molecule has 2 rings (SSSR count). The van der Waals surface area contributed by atoms with Crippen molar-refractivity contribution in [1.82, 2.24) is 10.2 Å². The summed E-state index contributed by atoms with van der Waals surface area (Å²) in [5.41, 5.74) is 0. The Morgan fingerprint density at radius 2 is 2.00 bits per heavy atom. The molecule has 0 spiro atoms. The Hall–Kier alpha value is -0.840. The molecule has 4 nitrogen and oxygen atoms in total. The minimum atomic E-state index is -0.0154. The second-order valence-electron chi connectivity index (χ2n) is 5.74. The van der Waals surface area contributed by atoms with Gasteiger partial charge >= 0.3 is 0 Å². The van der Waals surface area contributed by atoms with Crippen LogP contribution in [0.4, 0.5) is 0 Å². The van der Waals surface area contributed by atoms with Gasteiger partial charge in [-0.3, -0.25) is 4.90 Å². The Morgan fingerprint density at radius 1 is 1.26 bits per heavy atom. The molecule has 0 aromatic carbocycles. The summed E-state index contributed by atoms with van der Waals surface area (Å²) in [7, 11) is 0. The molecule has 1 aromatic rings. The van der Waals surface area contributed by atoms with Gasteiger partial charge in [-0.1, -0.05) is 13.8 Å². The highest BCUT2D eigenvalue weighted by Gasteiger charge is 2.24. The van der Waals surface area contributed by atoms with Gasteiger partial charge in [0.15, 0.2) is 0 Å². The number of hydrogen-bond donors (Lipinski definition) is 2. The van der Waals surface area contributed by atoms with Gasteiger partial charge in [0.25, 0.3) is 0 Å². The van der Waals surface area contributed by atoms with E-state index in [1.807, 2.05) is 12.1 Å². The predicted molar refractivity (Wildman–Crippen MR) is 75.9 cm³/mol. The van der Waals surface area contributed by atoms with E-state index in [4.69, 9.17) is 9.52 Å². The number of rotatable bonds is 6. The number of furan rings is 1. The van der Waals surface area contributed by atoms with Gasteiger partial charge in [0.05, 0.1) is 6.04 Å². The molecule has 1 saturated heterocycles. The molecule has 0 unspecified atom stereocenters. The molecule has 19 heavy (non-hydrogen) atoms. The molecule has 108 valence electrons. The molecule has 2 N–H and O–H groups in total. The molecule has 1 aliphatic rings. The van der Waals surface area contributed by atoms with Crippen molar-refractivity contribution in [3.8, 4) is 0 Å². The van der Waals surface area contributed by atoms with E-state index in [0.29, 0.717) is 17.7 Å². The van der Waals surface area contributed by atoms with Crippen molar-refractivity contribution in [3.05, 3.63) is 23.7 Å². The first-order chi connectivity index (χ1) is 9.20. The summed E-state index contributed by atoms with van der Waals surface area (Å²) in [6.45, 7) is 8.73. The molecule has 1 aliphatic heterocycles. The lowest BCUT2D eigenvalue weighted by atomic mass is 10.00. The number of aliphatic hydroxyl groups is 1. The van der Waals surface area contributed by atoms with Crippen LogP contribution in [0.1, 0.15) is 44.3 Å². The van der Waals surface area contributed by atoms with Crippen molar-refractivity contribution >= 4 is 0 Å². The zero-order valence-corrected chi connectivity index (χ0v) is 12.1. The number of nitrogens with one attached hydrogen (secondary N) is 1. The van der Waals surface area contributed by atoms with Gasteiger partial charge in [-0.2, -0.15) is 0 Å². The van der Waals surface area contributed by atoms with Crippen LogP contribution < -0.4 is 5.32 Å². The molecule has 0 bridgehead atoms. The molecule has 4 heteroatoms. The number of nitrogens with zero attached hydrogens (tertiary/aromatic N) is 1. The van der Waals surface area contributed by atoms with Crippen molar-refractivity contribution in [2.75, 3.05) is 26.2 Å². The van der Waals surface area contributed by atoms with E-state index in [2.05, 4.69) is 24.1 Å². The maximum atomic E-state index is 9.14. The summed E-state index contributed by atoms with van der Waals surface area (Å²) in [6.07, 6.45) is 2.32. The van der Waals surface area contributed by atoms with Gasteiger partial charge in [-0.05, 0) is 30.9 Å². The average Bonchev–Trinajstić information content (AvgIpc) is 2.89. The third-order valence-corrected chi connectivity index (χ3v) is 3.78. The molecular formula is C15H26N2O2. The molecule has 1 atom stereocenters. The van der Waals surface area contributed by atoms with Gasteiger partial charge < -0.3 is 14.8 Å². The molecule has 1 aromatic heterocycles. The Morgan fingerprint density at radius 3 is 2.58 bits per heavy atom. The van der Waals surface area contributed by atoms with Crippen molar-refractivity contribution in [1.29, 1.82) is 0 Å². The highest BCUT2D eigenvalue weighted by molar-refractivity contribution is 5.11. The summed E-state index contributed by atoms with van der Waals surface area (Å²) in [6, 6.07) is 4.27. The summed E-state index contributed by atoms with van der Waals surface area (Å²) in [5, 5.41) is 12.5. The largest absolute Gasteiger partial charge is 0.462 e. The van der Waals surface area contributed by atoms with Crippen LogP contribution in [0.5, 0.6) is 0 Å². The first-order valence-corrected chi connectivity index (χ1v) is 7.35. The molecule has 2 heterocycles. The van der Waals surface area contributed by atoms with Crippen LogP contribution in [-0.2, 0) is 6.61 Å². The molecule has 1 fully saturated rings. The van der Waals surface area contributed by atoms with E-state index in [9.17, 15) is 0 Å². The number of piperazine rings is 1. The fraction of sp³-hybridized carbons (Fsp3) is 0.733. The van der Waals surface area contributed by atoms with Crippen LogP contribution in [0, 0.1) is 5.92 Å². The lowest BCUT2D eigenvalue weighted by Gasteiger charge is -2.34. The maximum absolute atomic E-state index is 9.14. The van der Waals surface area contributed by atoms with Crippen molar-refractivity contribution in [2.45, 2.75) is 39.3 Å². The van der Waals surface area contributed by atoms with Gasteiger partial charge in [0.1, 0.15) is 18.1 Å². The monoisotopic (exact) mass is 266 g/mol. The highest BCUT2D eigenvalue weighted by Crippen LogP contribution is 2.29. The summed E-state index contributed by atoms with van der Waals surface area (Å²) < 4.78 is 5.77. The number of aliphatic hydroxyl groups excluding tert-OH is 1. The zero-order valence-electron chi connectivity index (χ0n) is 12.1. The minimum absolute atomic E-state index is 0.0154. The highest BCUT2D eigenvalue weighted by atomic mass is 16.4. The molecule has 0 aliphatic carbocycles. The normalized spacial score (nSPS) is 18.9. The fourth-order valence-corrected chi connectivity index (χ4v) is 2.65. The van der Waals surface area contributed by atoms with E-state index in [-0.39, 0.29) is 6.61 Å². The lowest BCUT2D eigenvalue weighted by molar-refractivity contribution is 0.136. The molecule has 0 radical (unpaired) electrons. The zero-order chi connectivity index (χ0) is 13.7. The third kappa shape index (κ3) is 4.06. The van der Waals surface area contributed by atoms with Crippen LogP contribution in [-0.4, -0.2) is 36.2 Å². The Bertz CT molecular complexity index is 370. The van der Waals surface area contributed by atoms with Crippen molar-refractivity contribution in [3.63, 3.8) is 0 Å². The van der Waals surface area contributed by atoms with Gasteiger partial charge in [0, 0.05) is 26.2 Å². The van der Waals surface area contributed by atoms with E-state index < -0.39 is 0 Å². The Labute approximate surface area is 115 Å². The summed E-state index contributed by atoms with van der Waals surface area (Å²) in [5.74, 6) is 2.38. The predicted octanol–water partition coefficient (Wildman–Crippen LogP) is 2.15. The SMILES string of the molecule is CC(C)CC[C@@H](c1ccc(CO)o1)N1CCNCC1. The lowest BCUT2D eigenvalue weighted by Crippen LogP contribution is -2.45. The second kappa shape index (κ2) is 7.08. The smallest absolute Gasteiger partial charge is 0.129 e. The van der Waals surface area contributed by atoms with E-state index in [0.717, 1.165) is 38.4 Å². The van der Waals surface area contributed by atoms with Crippen molar-refractivity contribution < 1.29 is 9.52 Å². The van der Waals surface area contributed by atoms with Gasteiger partial charge in [-0.25, -0.2) is 0 Å². The Balaban J connectivity index is 2.07. The van der Waals surface area contributed by atoms with E-state index >= 15 is 0 Å². The van der Waals surface area contributed by atoms with Crippen LogP contribution in [0.15, 0.2) is 16.5 Å². The van der Waals surface area contributed by atoms with Crippen LogP contribution >= 0.6 is 0 Å². The van der Waals surface area contributed by atoms with Crippen molar-refractivity contribution in [2.24, 2.45) is 5.92 Å². The second-order valence-corrected chi connectivity index (χ2v) is 5.74. The van der Waals surface area contributed by atoms with E-state index in [1.54, 1.807) is 0 Å². The number of hydrogen-bond acceptors (Lipinski definition) is 4. The molecular weight excluding hydrogens is 240 g/mol. The van der Waals surface area contributed by atoms with Crippen LogP contribution in [0.25, 0.3) is 0 Å². The van der Waals surface area contributed by atoms with Crippen LogP contribution in [0.3, 0.4) is 0 Å². The average molecular weight is 266 g/mol. The standard InChI is InChI=1S/C15H26N2O2/c1-12(2)3-5-14(17-9-7-16-8-10-17)15-6-4-13(11-18)19-15/h4,6,12,14,16,18H,3,5,7-11H2,1-2H3/t14-/m0/s1. The fourth-order valence-electron chi connectivity index (χ4n) is 2.65. The third-order valence-electron chi connectivity index (χ3n) is 3.78. The first kappa shape index (κ1) is 14.6. The summed E-state index contributed by atoms with van der Waals surface area (Å²) >= 11 is 0. The molecule has 0 amide bonds. The first-order valence-electron chi connectivity index (χ1n) is 7.35. The topological polar surface area (TPSA) is 48.6 Å². The maximum Gasteiger partial charge on any atom is 0.129 e. The van der Waals surface area contributed by atoms with Gasteiger partial charge in [-0.15, -0.1) is 0 Å². The van der Waals surface area contributed by atoms with Gasteiger partial charge in [0.2, 0.25) is 0 Å². The molecule has 0 saturated carbocycles. The minimum Gasteiger partial charge on any atom is -0.462 e. The van der Waals surface area contributed by atoms with Crippen LogP contribution in [0.2, 0.25) is 0 Å². The van der Waals surface area contributed by atoms with E-state index in [1.165, 1.54) is 6.42 Å². The Kier molecular flexibility index (Phi) is 5.43.